The van der Waals surface area contributed by atoms with E-state index in [0.29, 0.717) is 46.3 Å². The van der Waals surface area contributed by atoms with Gasteiger partial charge in [0.05, 0.1) is 18.5 Å². The van der Waals surface area contributed by atoms with Crippen LogP contribution >= 0.6 is 23.2 Å². The zero-order chi connectivity index (χ0) is 21.1. The Bertz CT molecular complexity index is 1120. The lowest BCUT2D eigenvalue weighted by molar-refractivity contribution is -0.120. The van der Waals surface area contributed by atoms with Gasteiger partial charge in [-0.1, -0.05) is 41.4 Å². The summed E-state index contributed by atoms with van der Waals surface area (Å²) in [6, 6.07) is 14.1. The van der Waals surface area contributed by atoms with Crippen LogP contribution in [0, 0.1) is 0 Å². The number of piperazine rings is 1. The molecule has 156 valence electrons. The fraction of sp³-hybridized carbons (Fsp3) is 0.304. The molecule has 2 aromatic carbocycles. The van der Waals surface area contributed by atoms with Crippen LogP contribution in [0.15, 0.2) is 57.7 Å². The first-order chi connectivity index (χ1) is 14.5. The van der Waals surface area contributed by atoms with Crippen molar-refractivity contribution in [2.24, 2.45) is 0 Å². The normalized spacial score (nSPS) is 15.5. The number of rotatable bonds is 6. The molecule has 0 spiro atoms. The molecule has 1 saturated heterocycles. The van der Waals surface area contributed by atoms with Gasteiger partial charge in [0, 0.05) is 48.7 Å². The molecule has 0 N–H and O–H groups in total. The first kappa shape index (κ1) is 21.1. The van der Waals surface area contributed by atoms with E-state index in [-0.39, 0.29) is 11.2 Å². The van der Waals surface area contributed by atoms with Crippen LogP contribution in [0.4, 0.5) is 0 Å². The number of benzene rings is 2. The zero-order valence-electron chi connectivity index (χ0n) is 16.4. The molecule has 0 radical (unpaired) electrons. The molecule has 0 saturated carbocycles. The third-order valence-electron chi connectivity index (χ3n) is 5.33. The predicted octanol–water partition coefficient (Wildman–Crippen LogP) is 4.03. The summed E-state index contributed by atoms with van der Waals surface area (Å²) >= 11 is 12.1. The number of para-hydroxylation sites is 1. The van der Waals surface area contributed by atoms with Gasteiger partial charge in [0.2, 0.25) is 0 Å². The van der Waals surface area contributed by atoms with Crippen molar-refractivity contribution in [2.75, 3.05) is 32.7 Å². The third-order valence-corrected chi connectivity index (χ3v) is 5.92. The van der Waals surface area contributed by atoms with E-state index in [1.165, 1.54) is 0 Å². The van der Waals surface area contributed by atoms with Crippen molar-refractivity contribution < 1.29 is 9.21 Å². The molecule has 1 fully saturated rings. The number of carbonyl (C=O) groups is 1. The lowest BCUT2D eigenvalue weighted by Crippen LogP contribution is -2.47. The summed E-state index contributed by atoms with van der Waals surface area (Å²) in [4.78, 5) is 29.1. The number of hydrogen-bond donors (Lipinski definition) is 0. The van der Waals surface area contributed by atoms with Crippen LogP contribution in [0.1, 0.15) is 11.3 Å². The molecule has 0 bridgehead atoms. The van der Waals surface area contributed by atoms with Crippen LogP contribution in [-0.4, -0.2) is 48.3 Å². The summed E-state index contributed by atoms with van der Waals surface area (Å²) in [5.41, 5.74) is 1.40. The van der Waals surface area contributed by atoms with E-state index >= 15 is 0 Å². The first-order valence-corrected chi connectivity index (χ1v) is 10.7. The van der Waals surface area contributed by atoms with Crippen molar-refractivity contribution in [3.05, 3.63) is 80.1 Å². The van der Waals surface area contributed by atoms with Gasteiger partial charge >= 0.3 is 0 Å². The summed E-state index contributed by atoms with van der Waals surface area (Å²) in [7, 11) is 0. The fourth-order valence-electron chi connectivity index (χ4n) is 3.74. The average molecular weight is 445 g/mol. The van der Waals surface area contributed by atoms with Gasteiger partial charge in [-0.15, -0.1) is 0 Å². The molecule has 5 nitrogen and oxygen atoms in total. The van der Waals surface area contributed by atoms with Crippen molar-refractivity contribution in [2.45, 2.75) is 13.0 Å². The Kier molecular flexibility index (Phi) is 6.54. The SMILES string of the molecule is O=C(Cc1ccc(Cl)cc1Cl)CN1CCN(Cc2cc(=O)c3ccccc3o2)CC1. The van der Waals surface area contributed by atoms with E-state index in [1.807, 2.05) is 18.2 Å². The van der Waals surface area contributed by atoms with Crippen LogP contribution < -0.4 is 5.43 Å². The molecule has 1 aliphatic rings. The molecule has 4 rings (SSSR count). The predicted molar refractivity (Wildman–Crippen MR) is 119 cm³/mol. The number of Topliss-reactive ketones (excluding diaryl/α,β-unsaturated/α-hetero) is 1. The van der Waals surface area contributed by atoms with Gasteiger partial charge in [0.25, 0.3) is 0 Å². The van der Waals surface area contributed by atoms with Gasteiger partial charge in [-0.2, -0.15) is 0 Å². The summed E-state index contributed by atoms with van der Waals surface area (Å²) in [6.07, 6.45) is 0.304. The van der Waals surface area contributed by atoms with Gasteiger partial charge in [0.15, 0.2) is 11.2 Å². The second kappa shape index (κ2) is 9.31. The van der Waals surface area contributed by atoms with Gasteiger partial charge in [0.1, 0.15) is 11.3 Å². The van der Waals surface area contributed by atoms with Crippen LogP contribution in [0.25, 0.3) is 11.0 Å². The van der Waals surface area contributed by atoms with Gasteiger partial charge in [-0.3, -0.25) is 19.4 Å². The maximum absolute atomic E-state index is 12.5. The van der Waals surface area contributed by atoms with Crippen LogP contribution in [0.5, 0.6) is 0 Å². The van der Waals surface area contributed by atoms with Crippen LogP contribution in [0.3, 0.4) is 0 Å². The van der Waals surface area contributed by atoms with Crippen molar-refractivity contribution in [3.8, 4) is 0 Å². The topological polar surface area (TPSA) is 53.8 Å². The molecular formula is C23H22Cl2N2O3. The highest BCUT2D eigenvalue weighted by Crippen LogP contribution is 2.21. The molecule has 3 aromatic rings. The lowest BCUT2D eigenvalue weighted by Gasteiger charge is -2.34. The molecule has 1 aromatic heterocycles. The largest absolute Gasteiger partial charge is 0.459 e. The number of hydrogen-bond acceptors (Lipinski definition) is 5. The molecule has 7 heteroatoms. The first-order valence-electron chi connectivity index (χ1n) is 9.90. The minimum Gasteiger partial charge on any atom is -0.459 e. The lowest BCUT2D eigenvalue weighted by atomic mass is 10.1. The van der Waals surface area contributed by atoms with Crippen molar-refractivity contribution in [1.29, 1.82) is 0 Å². The second-order valence-electron chi connectivity index (χ2n) is 7.58. The highest BCUT2D eigenvalue weighted by atomic mass is 35.5. The van der Waals surface area contributed by atoms with Crippen molar-refractivity contribution >= 4 is 40.0 Å². The number of halogens is 2. The Morgan fingerprint density at radius 3 is 2.47 bits per heavy atom. The average Bonchev–Trinajstić information content (AvgIpc) is 2.72. The van der Waals surface area contributed by atoms with E-state index < -0.39 is 0 Å². The maximum Gasteiger partial charge on any atom is 0.192 e. The third kappa shape index (κ3) is 5.10. The molecule has 1 aliphatic heterocycles. The highest BCUT2D eigenvalue weighted by molar-refractivity contribution is 6.35. The smallest absolute Gasteiger partial charge is 0.192 e. The summed E-state index contributed by atoms with van der Waals surface area (Å²) in [5, 5.41) is 1.69. The summed E-state index contributed by atoms with van der Waals surface area (Å²) in [5.74, 6) is 0.800. The number of ketones is 1. The molecule has 2 heterocycles. The van der Waals surface area contributed by atoms with Crippen LogP contribution in [-0.2, 0) is 17.8 Å². The zero-order valence-corrected chi connectivity index (χ0v) is 18.0. The highest BCUT2D eigenvalue weighted by Gasteiger charge is 2.20. The minimum absolute atomic E-state index is 0.0167. The van der Waals surface area contributed by atoms with Crippen molar-refractivity contribution in [1.82, 2.24) is 9.80 Å². The molecule has 0 amide bonds. The van der Waals surface area contributed by atoms with Gasteiger partial charge in [-0.05, 0) is 29.8 Å². The fourth-order valence-corrected chi connectivity index (χ4v) is 4.22. The monoisotopic (exact) mass is 444 g/mol. The molecule has 0 unspecified atom stereocenters. The summed E-state index contributed by atoms with van der Waals surface area (Å²) < 4.78 is 5.89. The summed E-state index contributed by atoms with van der Waals surface area (Å²) in [6.45, 7) is 4.19. The number of carbonyl (C=O) groups excluding carboxylic acids is 1. The Labute approximate surface area is 184 Å². The molecular weight excluding hydrogens is 423 g/mol. The van der Waals surface area contributed by atoms with E-state index in [4.69, 9.17) is 27.6 Å². The molecule has 0 aliphatic carbocycles. The van der Waals surface area contributed by atoms with E-state index in [0.717, 1.165) is 31.7 Å². The van der Waals surface area contributed by atoms with E-state index in [1.54, 1.807) is 30.3 Å². The van der Waals surface area contributed by atoms with E-state index in [9.17, 15) is 9.59 Å². The maximum atomic E-state index is 12.5. The Morgan fingerprint density at radius 1 is 0.967 bits per heavy atom. The van der Waals surface area contributed by atoms with Gasteiger partial charge in [-0.25, -0.2) is 0 Å². The minimum atomic E-state index is -0.0167. The Morgan fingerprint density at radius 2 is 1.70 bits per heavy atom. The second-order valence-corrected chi connectivity index (χ2v) is 8.42. The molecule has 30 heavy (non-hydrogen) atoms. The Balaban J connectivity index is 1.30. The molecule has 0 atom stereocenters. The standard InChI is InChI=1S/C23H22Cl2N2O3/c24-17-6-5-16(21(25)12-17)11-18(28)14-26-7-9-27(10-8-26)15-19-13-22(29)20-3-1-2-4-23(20)30-19/h1-6,12-13H,7-11,14-15H2. The quantitative estimate of drug-likeness (QED) is 0.574. The van der Waals surface area contributed by atoms with Crippen molar-refractivity contribution in [3.63, 3.8) is 0 Å². The Hall–Kier alpha value is -2.18. The van der Waals surface area contributed by atoms with E-state index in [2.05, 4.69) is 9.80 Å². The van der Waals surface area contributed by atoms with Crippen LogP contribution in [0.2, 0.25) is 10.0 Å². The van der Waals surface area contributed by atoms with Gasteiger partial charge < -0.3 is 4.42 Å². The number of fused-ring (bicyclic) bond motifs is 1. The number of nitrogens with zero attached hydrogens (tertiary/aromatic N) is 2.